The van der Waals surface area contributed by atoms with Crippen molar-refractivity contribution in [1.29, 1.82) is 0 Å². The summed E-state index contributed by atoms with van der Waals surface area (Å²) in [7, 11) is 0. The second kappa shape index (κ2) is 16.2. The van der Waals surface area contributed by atoms with Crippen LogP contribution in [0.5, 0.6) is 0 Å². The smallest absolute Gasteiger partial charge is 0.272 e. The highest BCUT2D eigenvalue weighted by Crippen LogP contribution is 2.39. The molecule has 0 radical (unpaired) electrons. The zero-order valence-corrected chi connectivity index (χ0v) is 28.9. The van der Waals surface area contributed by atoms with E-state index in [0.29, 0.717) is 0 Å². The van der Waals surface area contributed by atoms with Gasteiger partial charge in [0.15, 0.2) is 6.29 Å². The van der Waals surface area contributed by atoms with Crippen molar-refractivity contribution in [2.75, 3.05) is 32.7 Å². The molecule has 2 saturated heterocycles. The maximum Gasteiger partial charge on any atom is 0.272 e. The molecule has 3 atom stereocenters. The molecule has 2 fully saturated rings. The van der Waals surface area contributed by atoms with Crippen molar-refractivity contribution in [3.8, 4) is 11.1 Å². The number of amides is 1. The highest BCUT2D eigenvalue weighted by Gasteiger charge is 2.34. The average Bonchev–Trinajstić information content (AvgIpc) is 3.11. The van der Waals surface area contributed by atoms with Crippen molar-refractivity contribution in [3.63, 3.8) is 0 Å². The number of rotatable bonds is 10. The van der Waals surface area contributed by atoms with Gasteiger partial charge in [0.2, 0.25) is 0 Å². The van der Waals surface area contributed by atoms with Gasteiger partial charge in [-0.2, -0.15) is 0 Å². The Hall–Kier alpha value is -2.98. The summed E-state index contributed by atoms with van der Waals surface area (Å²) >= 11 is 17.1. The van der Waals surface area contributed by atoms with Gasteiger partial charge in [-0.15, -0.1) is 0 Å². The van der Waals surface area contributed by atoms with Crippen LogP contribution in [-0.4, -0.2) is 63.4 Å². The van der Waals surface area contributed by atoms with Crippen LogP contribution in [0, 0.1) is 0 Å². The average molecular weight is 709 g/mol. The van der Waals surface area contributed by atoms with E-state index in [1.807, 2.05) is 66.7 Å². The number of ether oxygens (including phenoxy) is 2. The van der Waals surface area contributed by atoms with Crippen molar-refractivity contribution >= 4 is 40.7 Å². The van der Waals surface area contributed by atoms with Gasteiger partial charge in [0.25, 0.3) is 9.70 Å². The topological polar surface area (TPSA) is 74.3 Å². The normalized spacial score (nSPS) is 20.8. The van der Waals surface area contributed by atoms with Crippen molar-refractivity contribution < 1.29 is 19.4 Å². The Morgan fingerprint density at radius 2 is 1.42 bits per heavy atom. The number of hydrogen-bond donors (Lipinski definition) is 2. The first-order chi connectivity index (χ1) is 23.2. The molecule has 0 aliphatic carbocycles. The molecule has 6 rings (SSSR count). The summed E-state index contributed by atoms with van der Waals surface area (Å²) in [5.41, 5.74) is 7.06. The van der Waals surface area contributed by atoms with Gasteiger partial charge in [0.1, 0.15) is 0 Å². The van der Waals surface area contributed by atoms with Crippen LogP contribution in [0.4, 0.5) is 0 Å². The standard InChI is InChI=1S/C38H40Cl3N3O4/c39-38(40,41)37(46)42-23-29-8-4-9-31(20-29)32-10-5-11-33(21-32)36-47-34(22-35(48-36)30-14-12-28(26-45)13-15-30)25-44-18-16-43(17-19-44)24-27-6-2-1-3-7-27/h1-15,20-21,34-36,45H,16-19,22-26H2,(H,42,46). The minimum absolute atomic E-state index is 0.00365. The molecular weight excluding hydrogens is 669 g/mol. The summed E-state index contributed by atoms with van der Waals surface area (Å²) in [6.45, 7) is 6.04. The number of carbonyl (C=O) groups is 1. The molecule has 2 heterocycles. The lowest BCUT2D eigenvalue weighted by molar-refractivity contribution is -0.253. The fourth-order valence-electron chi connectivity index (χ4n) is 6.30. The SMILES string of the molecule is O=C(NCc1cccc(-c2cccc(C3OC(CN4CCN(Cc5ccccc5)CC4)CC(c4ccc(CO)cc4)O3)c2)c1)C(Cl)(Cl)Cl. The second-order valence-corrected chi connectivity index (χ2v) is 14.7. The first-order valence-electron chi connectivity index (χ1n) is 16.3. The molecule has 252 valence electrons. The molecular formula is C38H40Cl3N3O4. The van der Waals surface area contributed by atoms with Gasteiger partial charge >= 0.3 is 0 Å². The van der Waals surface area contributed by atoms with Crippen LogP contribution in [0.15, 0.2) is 103 Å². The molecule has 2 aliphatic heterocycles. The molecule has 0 aromatic heterocycles. The minimum atomic E-state index is -2.01. The van der Waals surface area contributed by atoms with Gasteiger partial charge in [0.05, 0.1) is 18.8 Å². The van der Waals surface area contributed by atoms with Crippen LogP contribution in [0.2, 0.25) is 0 Å². The number of halogens is 3. The van der Waals surface area contributed by atoms with Crippen LogP contribution in [0.3, 0.4) is 0 Å². The Morgan fingerprint density at radius 1 is 0.750 bits per heavy atom. The number of aliphatic hydroxyl groups is 1. The van der Waals surface area contributed by atoms with E-state index in [4.69, 9.17) is 44.3 Å². The van der Waals surface area contributed by atoms with Gasteiger partial charge in [-0.25, -0.2) is 0 Å². The molecule has 4 aromatic rings. The predicted octanol–water partition coefficient (Wildman–Crippen LogP) is 7.20. The number of benzene rings is 4. The number of hydrogen-bond acceptors (Lipinski definition) is 6. The largest absolute Gasteiger partial charge is 0.392 e. The molecule has 0 bridgehead atoms. The van der Waals surface area contributed by atoms with E-state index in [2.05, 4.69) is 51.5 Å². The van der Waals surface area contributed by atoms with Crippen molar-refractivity contribution in [2.24, 2.45) is 0 Å². The van der Waals surface area contributed by atoms with E-state index in [1.165, 1.54) is 5.56 Å². The van der Waals surface area contributed by atoms with Gasteiger partial charge in [-0.05, 0) is 45.5 Å². The molecule has 7 nitrogen and oxygen atoms in total. The van der Waals surface area contributed by atoms with Crippen LogP contribution in [-0.2, 0) is 34.0 Å². The molecule has 0 spiro atoms. The first kappa shape index (κ1) is 34.9. The predicted molar refractivity (Wildman–Crippen MR) is 191 cm³/mol. The van der Waals surface area contributed by atoms with Crippen molar-refractivity contribution in [2.45, 2.75) is 48.4 Å². The van der Waals surface area contributed by atoms with Crippen molar-refractivity contribution in [3.05, 3.63) is 131 Å². The fraction of sp³-hybridized carbons (Fsp3) is 0.342. The highest BCUT2D eigenvalue weighted by atomic mass is 35.6. The minimum Gasteiger partial charge on any atom is -0.392 e. The molecule has 10 heteroatoms. The van der Waals surface area contributed by atoms with Crippen LogP contribution < -0.4 is 5.32 Å². The summed E-state index contributed by atoms with van der Waals surface area (Å²) in [5, 5.41) is 12.2. The highest BCUT2D eigenvalue weighted by molar-refractivity contribution is 6.76. The van der Waals surface area contributed by atoms with E-state index in [-0.39, 0.29) is 25.4 Å². The Bertz CT molecular complexity index is 1640. The number of carbonyl (C=O) groups excluding carboxylic acids is 1. The Morgan fingerprint density at radius 3 is 2.12 bits per heavy atom. The van der Waals surface area contributed by atoms with Gasteiger partial charge in [0, 0.05) is 57.8 Å². The van der Waals surface area contributed by atoms with Gasteiger partial charge in [-0.3, -0.25) is 14.6 Å². The Labute approximate surface area is 297 Å². The van der Waals surface area contributed by atoms with Crippen LogP contribution in [0.25, 0.3) is 11.1 Å². The Kier molecular flexibility index (Phi) is 11.7. The third-order valence-electron chi connectivity index (χ3n) is 8.92. The second-order valence-electron chi connectivity index (χ2n) is 12.4. The summed E-state index contributed by atoms with van der Waals surface area (Å²) in [6.07, 6.45) is -0.00640. The maximum absolute atomic E-state index is 12.1. The molecule has 48 heavy (non-hydrogen) atoms. The molecule has 2 aliphatic rings. The monoisotopic (exact) mass is 707 g/mol. The zero-order chi connectivity index (χ0) is 33.5. The lowest BCUT2D eigenvalue weighted by atomic mass is 9.98. The first-order valence-corrected chi connectivity index (χ1v) is 17.4. The zero-order valence-electron chi connectivity index (χ0n) is 26.6. The molecule has 0 saturated carbocycles. The third kappa shape index (κ3) is 9.37. The lowest BCUT2D eigenvalue weighted by Gasteiger charge is -2.41. The number of alkyl halides is 3. The molecule has 3 unspecified atom stereocenters. The fourth-order valence-corrected chi connectivity index (χ4v) is 6.50. The summed E-state index contributed by atoms with van der Waals surface area (Å²) in [6, 6.07) is 34.7. The van der Waals surface area contributed by atoms with Gasteiger partial charge in [-0.1, -0.05) is 126 Å². The lowest BCUT2D eigenvalue weighted by Crippen LogP contribution is -2.49. The van der Waals surface area contributed by atoms with E-state index >= 15 is 0 Å². The van der Waals surface area contributed by atoms with Gasteiger partial charge < -0.3 is 19.9 Å². The number of aliphatic hydroxyl groups excluding tert-OH is 1. The third-order valence-corrected chi connectivity index (χ3v) is 9.44. The van der Waals surface area contributed by atoms with E-state index < -0.39 is 16.0 Å². The van der Waals surface area contributed by atoms with Crippen molar-refractivity contribution in [1.82, 2.24) is 15.1 Å². The number of nitrogens with zero attached hydrogens (tertiary/aromatic N) is 2. The van der Waals surface area contributed by atoms with E-state index in [1.54, 1.807) is 0 Å². The van der Waals surface area contributed by atoms with Crippen LogP contribution in [0.1, 0.15) is 46.6 Å². The summed E-state index contributed by atoms with van der Waals surface area (Å²) in [5.74, 6) is -0.671. The molecule has 2 N–H and O–H groups in total. The molecule has 4 aromatic carbocycles. The quantitative estimate of drug-likeness (QED) is 0.170. The summed E-state index contributed by atoms with van der Waals surface area (Å²) < 4.78 is 11.3. The molecule has 1 amide bonds. The number of nitrogens with one attached hydrogen (secondary N) is 1. The van der Waals surface area contributed by atoms with E-state index in [0.717, 1.165) is 79.1 Å². The van der Waals surface area contributed by atoms with E-state index in [9.17, 15) is 9.90 Å². The summed E-state index contributed by atoms with van der Waals surface area (Å²) in [4.78, 5) is 17.1. The maximum atomic E-state index is 12.1. The number of piperazine rings is 1. The Balaban J connectivity index is 1.16. The van der Waals surface area contributed by atoms with Crippen LogP contribution >= 0.6 is 34.8 Å².